The Morgan fingerprint density at radius 3 is 3.00 bits per heavy atom. The van der Waals surface area contributed by atoms with Crippen LogP contribution >= 0.6 is 0 Å². The molecule has 0 aliphatic carbocycles. The zero-order chi connectivity index (χ0) is 16.2. The number of benzene rings is 1. The Balaban J connectivity index is 1.64. The Morgan fingerprint density at radius 2 is 2.26 bits per heavy atom. The molecule has 1 N–H and O–H groups in total. The first kappa shape index (κ1) is 15.5. The molecule has 1 atom stereocenters. The van der Waals surface area contributed by atoms with Crippen LogP contribution in [0.25, 0.3) is 11.4 Å². The van der Waals surface area contributed by atoms with Gasteiger partial charge in [0, 0.05) is 30.9 Å². The highest BCUT2D eigenvalue weighted by Crippen LogP contribution is 2.20. The molecule has 1 aliphatic heterocycles. The first-order chi connectivity index (χ1) is 11.1. The van der Waals surface area contributed by atoms with Crippen molar-refractivity contribution < 1.29 is 4.79 Å². The van der Waals surface area contributed by atoms with E-state index in [1.807, 2.05) is 29.2 Å². The molecule has 3 rings (SSSR count). The monoisotopic (exact) mass is 314 g/mol. The number of hydrogen-bond acceptors (Lipinski definition) is 5. The van der Waals surface area contributed by atoms with E-state index in [2.05, 4.69) is 27.8 Å². The number of nitrogens with zero attached hydrogens (tertiary/aromatic N) is 5. The molecule has 0 saturated carbocycles. The molecule has 2 aromatic rings. The second-order valence-corrected chi connectivity index (χ2v) is 5.99. The molecule has 0 unspecified atom stereocenters. The lowest BCUT2D eigenvalue weighted by Crippen LogP contribution is -2.44. The molecular formula is C16H22N6O. The van der Waals surface area contributed by atoms with Crippen molar-refractivity contribution in [3.63, 3.8) is 0 Å². The van der Waals surface area contributed by atoms with Crippen LogP contribution in [0.5, 0.6) is 0 Å². The molecule has 1 saturated heterocycles. The number of likely N-dealkylation sites (tertiary alicyclic amines) is 1. The van der Waals surface area contributed by atoms with Crippen molar-refractivity contribution in [2.45, 2.75) is 32.2 Å². The van der Waals surface area contributed by atoms with E-state index < -0.39 is 0 Å². The lowest BCUT2D eigenvalue weighted by atomic mass is 10.0. The SMILES string of the molecule is C[C@@H]1CCCCN1C(=O)CNc1cccc(-c2nnnn2C)c1. The summed E-state index contributed by atoms with van der Waals surface area (Å²) >= 11 is 0. The topological polar surface area (TPSA) is 75.9 Å². The molecule has 1 aromatic carbocycles. The van der Waals surface area contributed by atoms with Crippen LogP contribution < -0.4 is 5.32 Å². The standard InChI is InChI=1S/C16H22N6O/c1-12-6-3-4-9-22(12)15(23)11-17-14-8-5-7-13(10-14)16-18-19-20-21(16)2/h5,7-8,10,12,17H,3-4,6,9,11H2,1-2H3/t12-/m1/s1. The first-order valence-electron chi connectivity index (χ1n) is 8.01. The highest BCUT2D eigenvalue weighted by molar-refractivity contribution is 5.81. The maximum absolute atomic E-state index is 12.4. The summed E-state index contributed by atoms with van der Waals surface area (Å²) in [7, 11) is 1.80. The van der Waals surface area contributed by atoms with Gasteiger partial charge < -0.3 is 10.2 Å². The largest absolute Gasteiger partial charge is 0.376 e. The van der Waals surface area contributed by atoms with Gasteiger partial charge in [0.05, 0.1) is 6.54 Å². The van der Waals surface area contributed by atoms with Gasteiger partial charge in [-0.25, -0.2) is 4.68 Å². The van der Waals surface area contributed by atoms with Crippen LogP contribution in [-0.2, 0) is 11.8 Å². The van der Waals surface area contributed by atoms with Crippen LogP contribution in [-0.4, -0.2) is 50.1 Å². The summed E-state index contributed by atoms with van der Waals surface area (Å²) in [5.41, 5.74) is 1.81. The summed E-state index contributed by atoms with van der Waals surface area (Å²) in [6.07, 6.45) is 3.41. The van der Waals surface area contributed by atoms with E-state index in [-0.39, 0.29) is 5.91 Å². The van der Waals surface area contributed by atoms with Gasteiger partial charge in [0.1, 0.15) is 0 Å². The number of carbonyl (C=O) groups is 1. The van der Waals surface area contributed by atoms with Crippen molar-refractivity contribution in [3.8, 4) is 11.4 Å². The van der Waals surface area contributed by atoms with Gasteiger partial charge in [0.25, 0.3) is 0 Å². The van der Waals surface area contributed by atoms with Gasteiger partial charge in [0.15, 0.2) is 5.82 Å². The smallest absolute Gasteiger partial charge is 0.242 e. The number of aromatic nitrogens is 4. The molecule has 0 bridgehead atoms. The Labute approximate surface area is 135 Å². The van der Waals surface area contributed by atoms with E-state index in [0.29, 0.717) is 18.4 Å². The normalized spacial score (nSPS) is 18.0. The van der Waals surface area contributed by atoms with Gasteiger partial charge in [-0.05, 0) is 48.7 Å². The van der Waals surface area contributed by atoms with Gasteiger partial charge >= 0.3 is 0 Å². The van der Waals surface area contributed by atoms with Crippen molar-refractivity contribution in [1.82, 2.24) is 25.1 Å². The summed E-state index contributed by atoms with van der Waals surface area (Å²) in [6.45, 7) is 3.30. The molecule has 2 heterocycles. The minimum Gasteiger partial charge on any atom is -0.376 e. The minimum absolute atomic E-state index is 0.155. The number of tetrazole rings is 1. The summed E-state index contributed by atoms with van der Waals surface area (Å²) < 4.78 is 1.62. The lowest BCUT2D eigenvalue weighted by Gasteiger charge is -2.33. The summed E-state index contributed by atoms with van der Waals surface area (Å²) in [5, 5.41) is 14.7. The van der Waals surface area contributed by atoms with Crippen LogP contribution in [0, 0.1) is 0 Å². The van der Waals surface area contributed by atoms with Crippen LogP contribution in [0.3, 0.4) is 0 Å². The molecule has 1 aromatic heterocycles. The van der Waals surface area contributed by atoms with Crippen LogP contribution in [0.1, 0.15) is 26.2 Å². The molecule has 1 amide bonds. The number of aryl methyl sites for hydroxylation is 1. The van der Waals surface area contributed by atoms with Gasteiger partial charge in [-0.2, -0.15) is 0 Å². The fourth-order valence-electron chi connectivity index (χ4n) is 2.99. The van der Waals surface area contributed by atoms with E-state index in [1.165, 1.54) is 6.42 Å². The van der Waals surface area contributed by atoms with E-state index in [4.69, 9.17) is 0 Å². The van der Waals surface area contributed by atoms with Crippen molar-refractivity contribution in [2.24, 2.45) is 7.05 Å². The van der Waals surface area contributed by atoms with Crippen LogP contribution in [0.2, 0.25) is 0 Å². The fourth-order valence-corrected chi connectivity index (χ4v) is 2.99. The summed E-state index contributed by atoms with van der Waals surface area (Å²) in [4.78, 5) is 14.4. The lowest BCUT2D eigenvalue weighted by molar-refractivity contribution is -0.132. The zero-order valence-corrected chi connectivity index (χ0v) is 13.6. The molecule has 1 aliphatic rings. The maximum atomic E-state index is 12.4. The third-order valence-corrected chi connectivity index (χ3v) is 4.31. The third kappa shape index (κ3) is 3.49. The van der Waals surface area contributed by atoms with Crippen molar-refractivity contribution in [2.75, 3.05) is 18.4 Å². The molecule has 7 heteroatoms. The third-order valence-electron chi connectivity index (χ3n) is 4.31. The average molecular weight is 314 g/mol. The second kappa shape index (κ2) is 6.76. The minimum atomic E-state index is 0.155. The summed E-state index contributed by atoms with van der Waals surface area (Å²) in [5.74, 6) is 0.854. The molecule has 0 radical (unpaired) electrons. The first-order valence-corrected chi connectivity index (χ1v) is 8.01. The van der Waals surface area contributed by atoms with E-state index in [0.717, 1.165) is 30.6 Å². The number of amides is 1. The van der Waals surface area contributed by atoms with Crippen molar-refractivity contribution in [1.29, 1.82) is 0 Å². The molecule has 1 fully saturated rings. The maximum Gasteiger partial charge on any atom is 0.242 e. The van der Waals surface area contributed by atoms with E-state index in [1.54, 1.807) is 11.7 Å². The molecular weight excluding hydrogens is 292 g/mol. The second-order valence-electron chi connectivity index (χ2n) is 5.99. The number of hydrogen-bond donors (Lipinski definition) is 1. The quantitative estimate of drug-likeness (QED) is 0.929. The average Bonchev–Trinajstić information content (AvgIpc) is 2.99. The number of anilines is 1. The highest BCUT2D eigenvalue weighted by Gasteiger charge is 2.22. The van der Waals surface area contributed by atoms with Crippen LogP contribution in [0.15, 0.2) is 24.3 Å². The highest BCUT2D eigenvalue weighted by atomic mass is 16.2. The number of carbonyl (C=O) groups excluding carboxylic acids is 1. The molecule has 23 heavy (non-hydrogen) atoms. The van der Waals surface area contributed by atoms with E-state index >= 15 is 0 Å². The summed E-state index contributed by atoms with van der Waals surface area (Å²) in [6, 6.07) is 8.12. The van der Waals surface area contributed by atoms with Crippen molar-refractivity contribution >= 4 is 11.6 Å². The fraction of sp³-hybridized carbons (Fsp3) is 0.500. The predicted molar refractivity (Wildman–Crippen MR) is 87.7 cm³/mol. The number of nitrogens with one attached hydrogen (secondary N) is 1. The Kier molecular flexibility index (Phi) is 4.55. The zero-order valence-electron chi connectivity index (χ0n) is 13.6. The molecule has 0 spiro atoms. The van der Waals surface area contributed by atoms with Crippen LogP contribution in [0.4, 0.5) is 5.69 Å². The van der Waals surface area contributed by atoms with Gasteiger partial charge in [-0.3, -0.25) is 4.79 Å². The van der Waals surface area contributed by atoms with Gasteiger partial charge in [-0.1, -0.05) is 12.1 Å². The number of piperidine rings is 1. The molecule has 7 nitrogen and oxygen atoms in total. The molecule has 122 valence electrons. The predicted octanol–water partition coefficient (Wildman–Crippen LogP) is 1.69. The Bertz CT molecular complexity index is 683. The Hall–Kier alpha value is -2.44. The Morgan fingerprint density at radius 1 is 1.39 bits per heavy atom. The van der Waals surface area contributed by atoms with E-state index in [9.17, 15) is 4.79 Å². The van der Waals surface area contributed by atoms with Gasteiger partial charge in [-0.15, -0.1) is 5.10 Å². The van der Waals surface area contributed by atoms with Crippen molar-refractivity contribution in [3.05, 3.63) is 24.3 Å². The number of rotatable bonds is 4. The van der Waals surface area contributed by atoms with Gasteiger partial charge in [0.2, 0.25) is 5.91 Å².